The lowest BCUT2D eigenvalue weighted by Gasteiger charge is -2.45. The fourth-order valence-electron chi connectivity index (χ4n) is 4.32. The molecule has 0 fully saturated rings. The average molecular weight is 425 g/mol. The Labute approximate surface area is 181 Å². The van der Waals surface area contributed by atoms with Gasteiger partial charge in [0.15, 0.2) is 0 Å². The summed E-state index contributed by atoms with van der Waals surface area (Å²) in [5.41, 5.74) is 3.95. The molecule has 0 amide bonds. The number of hydrogen-bond donors (Lipinski definition) is 0. The maximum atomic E-state index is 7.42. The molecule has 0 aliphatic heterocycles. The van der Waals surface area contributed by atoms with Crippen LogP contribution in [0.4, 0.5) is 0 Å². The van der Waals surface area contributed by atoms with Crippen molar-refractivity contribution in [1.82, 2.24) is 0 Å². The molecule has 0 spiro atoms. The highest BCUT2D eigenvalue weighted by Gasteiger charge is 2.51. The molecule has 2 aromatic rings. The molecule has 0 aliphatic rings. The second-order valence-corrected chi connectivity index (χ2v) is 19.6. The topological polar surface area (TPSA) is 9.23 Å². The Balaban J connectivity index is 2.71. The first-order chi connectivity index (χ1) is 13.5. The van der Waals surface area contributed by atoms with Crippen LogP contribution in [0.25, 0.3) is 0 Å². The van der Waals surface area contributed by atoms with Gasteiger partial charge < -0.3 is 4.43 Å². The molecule has 3 heteroatoms. The second kappa shape index (κ2) is 9.59. The second-order valence-electron chi connectivity index (χ2n) is 10.3. The minimum absolute atomic E-state index is 0.0150. The smallest absolute Gasteiger partial charge is 0.261 e. The van der Waals surface area contributed by atoms with Crippen LogP contribution >= 0.6 is 0 Å². The van der Waals surface area contributed by atoms with Crippen molar-refractivity contribution < 1.29 is 4.43 Å². The highest BCUT2D eigenvalue weighted by Crippen LogP contribution is 2.38. The molecule has 0 heterocycles. The molecule has 0 saturated carbocycles. The van der Waals surface area contributed by atoms with Crippen molar-refractivity contribution in [3.63, 3.8) is 0 Å². The first-order valence-corrected chi connectivity index (χ1v) is 16.5. The van der Waals surface area contributed by atoms with Gasteiger partial charge in [0.25, 0.3) is 8.32 Å². The minimum Gasteiger partial charge on any atom is -0.401 e. The van der Waals surface area contributed by atoms with Crippen molar-refractivity contribution in [2.75, 3.05) is 0 Å². The van der Waals surface area contributed by atoms with E-state index in [-0.39, 0.29) is 11.1 Å². The molecular weight excluding hydrogens is 384 g/mol. The van der Waals surface area contributed by atoms with E-state index in [0.717, 1.165) is 12.8 Å². The van der Waals surface area contributed by atoms with Gasteiger partial charge in [-0.05, 0) is 28.8 Å². The maximum absolute atomic E-state index is 7.42. The minimum atomic E-state index is -2.51. The van der Waals surface area contributed by atoms with E-state index in [1.54, 1.807) is 0 Å². The number of hydrogen-bond acceptors (Lipinski definition) is 1. The molecule has 0 saturated heterocycles. The molecule has 158 valence electrons. The van der Waals surface area contributed by atoms with E-state index in [1.165, 1.54) is 15.9 Å². The molecular formula is C26H40OSi2. The Morgan fingerprint density at radius 1 is 0.897 bits per heavy atom. The summed E-state index contributed by atoms with van der Waals surface area (Å²) in [4.78, 5) is 0. The third-order valence-corrected chi connectivity index (χ3v) is 11.8. The van der Waals surface area contributed by atoms with Crippen molar-refractivity contribution in [3.05, 3.63) is 71.9 Å². The number of benzene rings is 2. The first-order valence-electron chi connectivity index (χ1n) is 11.0. The summed E-state index contributed by atoms with van der Waals surface area (Å²) in [5, 5.41) is 2.74. The van der Waals surface area contributed by atoms with Crippen LogP contribution in [0.15, 0.2) is 71.9 Å². The largest absolute Gasteiger partial charge is 0.401 e. The van der Waals surface area contributed by atoms with Crippen LogP contribution in [0.1, 0.15) is 47.5 Å². The van der Waals surface area contributed by atoms with Crippen molar-refractivity contribution in [1.29, 1.82) is 0 Å². The molecule has 1 atom stereocenters. The van der Waals surface area contributed by atoms with E-state index in [9.17, 15) is 0 Å². The Morgan fingerprint density at radius 3 is 1.69 bits per heavy atom. The normalized spacial score (nSPS) is 14.7. The van der Waals surface area contributed by atoms with Crippen LogP contribution < -0.4 is 10.4 Å². The van der Waals surface area contributed by atoms with E-state index >= 15 is 0 Å². The predicted molar refractivity (Wildman–Crippen MR) is 135 cm³/mol. The Morgan fingerprint density at radius 2 is 1.34 bits per heavy atom. The predicted octanol–water partition coefficient (Wildman–Crippen LogP) is 6.56. The van der Waals surface area contributed by atoms with E-state index in [4.69, 9.17) is 4.43 Å². The van der Waals surface area contributed by atoms with Crippen LogP contribution in [-0.2, 0) is 4.43 Å². The first kappa shape index (κ1) is 23.8. The van der Waals surface area contributed by atoms with Gasteiger partial charge in [-0.2, -0.15) is 0 Å². The van der Waals surface area contributed by atoms with Gasteiger partial charge in [-0.1, -0.05) is 126 Å². The van der Waals surface area contributed by atoms with Crippen molar-refractivity contribution in [2.24, 2.45) is 0 Å². The van der Waals surface area contributed by atoms with Gasteiger partial charge in [0.05, 0.1) is 14.2 Å². The Kier molecular flexibility index (Phi) is 7.89. The van der Waals surface area contributed by atoms with Crippen LogP contribution in [0.2, 0.25) is 24.7 Å². The Hall–Kier alpha value is -1.43. The molecule has 1 unspecified atom stereocenters. The zero-order chi connectivity index (χ0) is 21.7. The average Bonchev–Trinajstić information content (AvgIpc) is 2.64. The Bertz CT molecular complexity index is 743. The SMILES string of the molecule is CCCC(O[Si](c1ccccc1)(c1ccccc1)C(C)(C)C)/C(C)=C/[Si](C)(C)C. The van der Waals surface area contributed by atoms with Crippen LogP contribution in [0, 0.1) is 0 Å². The van der Waals surface area contributed by atoms with Gasteiger partial charge in [0, 0.05) is 0 Å². The summed E-state index contributed by atoms with van der Waals surface area (Å²) >= 11 is 0. The van der Waals surface area contributed by atoms with Gasteiger partial charge in [-0.25, -0.2) is 0 Å². The molecule has 2 aromatic carbocycles. The van der Waals surface area contributed by atoms with Crippen molar-refractivity contribution >= 4 is 26.8 Å². The van der Waals surface area contributed by atoms with Crippen molar-refractivity contribution in [3.8, 4) is 0 Å². The summed E-state index contributed by atoms with van der Waals surface area (Å²) in [6, 6.07) is 22.0. The quantitative estimate of drug-likeness (QED) is 0.436. The molecule has 0 N–H and O–H groups in total. The van der Waals surface area contributed by atoms with Crippen LogP contribution in [0.5, 0.6) is 0 Å². The van der Waals surface area contributed by atoms with E-state index < -0.39 is 16.4 Å². The van der Waals surface area contributed by atoms with E-state index in [1.807, 2.05) is 0 Å². The number of rotatable bonds is 8. The zero-order valence-electron chi connectivity index (χ0n) is 19.8. The van der Waals surface area contributed by atoms with Gasteiger partial charge >= 0.3 is 0 Å². The monoisotopic (exact) mass is 424 g/mol. The third kappa shape index (κ3) is 5.81. The van der Waals surface area contributed by atoms with Gasteiger partial charge in [-0.15, -0.1) is 0 Å². The molecule has 0 radical (unpaired) electrons. The molecule has 0 aromatic heterocycles. The fourth-order valence-corrected chi connectivity index (χ4v) is 10.6. The van der Waals surface area contributed by atoms with Gasteiger partial charge in [-0.3, -0.25) is 0 Å². The van der Waals surface area contributed by atoms with Gasteiger partial charge in [0.1, 0.15) is 0 Å². The fraction of sp³-hybridized carbons (Fsp3) is 0.462. The summed E-state index contributed by atoms with van der Waals surface area (Å²) < 4.78 is 7.42. The maximum Gasteiger partial charge on any atom is 0.261 e. The summed E-state index contributed by atoms with van der Waals surface area (Å²) in [6.07, 6.45) is 2.36. The summed E-state index contributed by atoms with van der Waals surface area (Å²) in [5.74, 6) is 0. The highest BCUT2D eigenvalue weighted by molar-refractivity contribution is 6.99. The zero-order valence-corrected chi connectivity index (χ0v) is 21.8. The molecule has 2 rings (SSSR count). The lowest BCUT2D eigenvalue weighted by molar-refractivity contribution is 0.210. The molecule has 1 nitrogen and oxygen atoms in total. The van der Waals surface area contributed by atoms with E-state index in [2.05, 4.69) is 121 Å². The third-order valence-electron chi connectivity index (χ3n) is 5.46. The molecule has 0 bridgehead atoms. The standard InChI is InChI=1S/C26H40OSi2/c1-9-16-25(22(2)21-28(6,7)8)27-29(26(3,4)5,23-17-12-10-13-18-23)24-19-14-11-15-20-24/h10-15,17-21,25H,9,16H2,1-8H3/b22-21+. The molecule has 0 aliphatic carbocycles. The van der Waals surface area contributed by atoms with Crippen molar-refractivity contribution in [2.45, 2.75) is 78.2 Å². The highest BCUT2D eigenvalue weighted by atomic mass is 28.4. The summed E-state index contributed by atoms with van der Waals surface area (Å²) in [7, 11) is -3.83. The van der Waals surface area contributed by atoms with Gasteiger partial charge in [0.2, 0.25) is 0 Å². The summed E-state index contributed by atoms with van der Waals surface area (Å²) in [6.45, 7) is 18.9. The van der Waals surface area contributed by atoms with Crippen LogP contribution in [-0.4, -0.2) is 22.5 Å². The molecule has 29 heavy (non-hydrogen) atoms. The van der Waals surface area contributed by atoms with Crippen LogP contribution in [0.3, 0.4) is 0 Å². The lowest BCUT2D eigenvalue weighted by atomic mass is 10.1. The lowest BCUT2D eigenvalue weighted by Crippen LogP contribution is -2.67. The van der Waals surface area contributed by atoms with E-state index in [0.29, 0.717) is 0 Å².